The van der Waals surface area contributed by atoms with Gasteiger partial charge in [0.1, 0.15) is 11.5 Å². The summed E-state index contributed by atoms with van der Waals surface area (Å²) < 4.78 is 5.84. The molecule has 0 amide bonds. The van der Waals surface area contributed by atoms with E-state index in [0.717, 1.165) is 11.1 Å². The monoisotopic (exact) mass is 286 g/mol. The van der Waals surface area contributed by atoms with Crippen LogP contribution >= 0.6 is 0 Å². The highest BCUT2D eigenvalue weighted by molar-refractivity contribution is 5.55. The molecule has 0 aliphatic carbocycles. The maximum absolute atomic E-state index is 10.9. The van der Waals surface area contributed by atoms with Gasteiger partial charge in [-0.3, -0.25) is 10.1 Å². The van der Waals surface area contributed by atoms with Crippen LogP contribution in [-0.4, -0.2) is 4.92 Å². The first-order chi connectivity index (χ1) is 9.86. The second-order valence-electron chi connectivity index (χ2n) is 5.32. The lowest BCUT2D eigenvalue weighted by Crippen LogP contribution is -1.97. The zero-order valence-electron chi connectivity index (χ0n) is 12.3. The normalized spacial score (nSPS) is 10.7. The molecular weight excluding hydrogens is 268 g/mol. The number of hydrogen-bond acceptors (Lipinski definition) is 4. The molecule has 21 heavy (non-hydrogen) atoms. The number of nitro benzene ring substituents is 1. The number of nitrogens with zero attached hydrogens (tertiary/aromatic N) is 1. The Balaban J connectivity index is 2.42. The number of non-ortho nitro benzene ring substituents is 1. The second kappa shape index (κ2) is 5.83. The van der Waals surface area contributed by atoms with Crippen molar-refractivity contribution in [3.05, 3.63) is 57.6 Å². The highest BCUT2D eigenvalue weighted by Gasteiger charge is 2.13. The summed E-state index contributed by atoms with van der Waals surface area (Å²) in [6.45, 7) is 6.11. The molecule has 0 saturated carbocycles. The maximum atomic E-state index is 10.9. The molecule has 0 saturated heterocycles. The van der Waals surface area contributed by atoms with Crippen molar-refractivity contribution in [1.82, 2.24) is 0 Å². The van der Waals surface area contributed by atoms with Crippen LogP contribution in [0.1, 0.15) is 30.9 Å². The first-order valence-corrected chi connectivity index (χ1v) is 6.70. The van der Waals surface area contributed by atoms with Gasteiger partial charge in [-0.05, 0) is 30.0 Å². The molecule has 0 spiro atoms. The third-order valence-corrected chi connectivity index (χ3v) is 3.14. The Labute approximate surface area is 123 Å². The Morgan fingerprint density at radius 3 is 2.52 bits per heavy atom. The third-order valence-electron chi connectivity index (χ3n) is 3.14. The van der Waals surface area contributed by atoms with Crippen molar-refractivity contribution >= 4 is 11.4 Å². The van der Waals surface area contributed by atoms with E-state index in [1.54, 1.807) is 6.07 Å². The quantitative estimate of drug-likeness (QED) is 0.513. The largest absolute Gasteiger partial charge is 0.457 e. The van der Waals surface area contributed by atoms with Crippen LogP contribution in [0.15, 0.2) is 36.4 Å². The molecule has 0 bridgehead atoms. The van der Waals surface area contributed by atoms with Gasteiger partial charge in [-0.25, -0.2) is 0 Å². The van der Waals surface area contributed by atoms with E-state index in [9.17, 15) is 10.1 Å². The van der Waals surface area contributed by atoms with Crippen LogP contribution in [0.2, 0.25) is 0 Å². The van der Waals surface area contributed by atoms with E-state index in [2.05, 4.69) is 13.8 Å². The summed E-state index contributed by atoms with van der Waals surface area (Å²) in [5.41, 5.74) is 8.03. The number of aryl methyl sites for hydroxylation is 1. The minimum atomic E-state index is -0.483. The SMILES string of the molecule is Cc1ccc(C(C)C)c(Oc2cc(N)cc([N+](=O)[O-])c2)c1. The molecule has 0 aliphatic rings. The van der Waals surface area contributed by atoms with E-state index in [1.165, 1.54) is 12.1 Å². The highest BCUT2D eigenvalue weighted by Crippen LogP contribution is 2.33. The van der Waals surface area contributed by atoms with Crippen molar-refractivity contribution in [2.75, 3.05) is 5.73 Å². The van der Waals surface area contributed by atoms with Gasteiger partial charge in [0.2, 0.25) is 0 Å². The molecule has 0 fully saturated rings. The Hall–Kier alpha value is -2.56. The Kier molecular flexibility index (Phi) is 4.12. The van der Waals surface area contributed by atoms with Crippen LogP contribution in [0.3, 0.4) is 0 Å². The molecule has 110 valence electrons. The number of hydrogen-bond donors (Lipinski definition) is 1. The predicted octanol–water partition coefficient (Wildman–Crippen LogP) is 4.40. The number of nitro groups is 1. The van der Waals surface area contributed by atoms with E-state index in [0.29, 0.717) is 17.2 Å². The second-order valence-corrected chi connectivity index (χ2v) is 5.32. The fourth-order valence-corrected chi connectivity index (χ4v) is 2.10. The summed E-state index contributed by atoms with van der Waals surface area (Å²) in [7, 11) is 0. The first kappa shape index (κ1) is 14.8. The van der Waals surface area contributed by atoms with Gasteiger partial charge in [0, 0.05) is 17.8 Å². The number of nitrogen functional groups attached to an aromatic ring is 1. The average molecular weight is 286 g/mol. The topological polar surface area (TPSA) is 78.4 Å². The van der Waals surface area contributed by atoms with Gasteiger partial charge in [-0.1, -0.05) is 26.0 Å². The van der Waals surface area contributed by atoms with Gasteiger partial charge in [0.25, 0.3) is 5.69 Å². The number of benzene rings is 2. The van der Waals surface area contributed by atoms with Gasteiger partial charge in [0.15, 0.2) is 0 Å². The minimum absolute atomic E-state index is 0.0799. The summed E-state index contributed by atoms with van der Waals surface area (Å²) in [5.74, 6) is 1.36. The molecule has 2 aromatic carbocycles. The average Bonchev–Trinajstić information content (AvgIpc) is 2.37. The Morgan fingerprint density at radius 1 is 1.19 bits per heavy atom. The number of ether oxygens (including phenoxy) is 1. The molecule has 0 radical (unpaired) electrons. The zero-order valence-corrected chi connectivity index (χ0v) is 12.3. The molecule has 5 heteroatoms. The van der Waals surface area contributed by atoms with E-state index >= 15 is 0 Å². The lowest BCUT2D eigenvalue weighted by atomic mass is 10.0. The predicted molar refractivity (Wildman–Crippen MR) is 82.9 cm³/mol. The first-order valence-electron chi connectivity index (χ1n) is 6.70. The van der Waals surface area contributed by atoms with Crippen molar-refractivity contribution in [1.29, 1.82) is 0 Å². The summed E-state index contributed by atoms with van der Waals surface area (Å²) in [4.78, 5) is 10.4. The molecule has 0 aromatic heterocycles. The molecule has 5 nitrogen and oxygen atoms in total. The molecular formula is C16H18N2O3. The van der Waals surface area contributed by atoms with Crippen molar-refractivity contribution in [2.24, 2.45) is 0 Å². The van der Waals surface area contributed by atoms with Gasteiger partial charge in [0.05, 0.1) is 11.0 Å². The van der Waals surface area contributed by atoms with Gasteiger partial charge in [-0.15, -0.1) is 0 Å². The van der Waals surface area contributed by atoms with Crippen LogP contribution in [-0.2, 0) is 0 Å². The zero-order chi connectivity index (χ0) is 15.6. The van der Waals surface area contributed by atoms with E-state index in [-0.39, 0.29) is 11.6 Å². The Morgan fingerprint density at radius 2 is 1.90 bits per heavy atom. The van der Waals surface area contributed by atoms with Crippen molar-refractivity contribution < 1.29 is 9.66 Å². The number of rotatable bonds is 4. The summed E-state index contributed by atoms with van der Waals surface area (Å²) in [5, 5.41) is 10.9. The van der Waals surface area contributed by atoms with Crippen LogP contribution in [0.25, 0.3) is 0 Å². The molecule has 2 aromatic rings. The third kappa shape index (κ3) is 3.51. The fourth-order valence-electron chi connectivity index (χ4n) is 2.10. The smallest absolute Gasteiger partial charge is 0.275 e. The standard InChI is InChI=1S/C16H18N2O3/c1-10(2)15-5-4-11(3)6-16(15)21-14-8-12(17)7-13(9-14)18(19)20/h4-10H,17H2,1-3H3. The minimum Gasteiger partial charge on any atom is -0.457 e. The van der Waals surface area contributed by atoms with Crippen molar-refractivity contribution in [2.45, 2.75) is 26.7 Å². The summed E-state index contributed by atoms with van der Waals surface area (Å²) in [6.07, 6.45) is 0. The van der Waals surface area contributed by atoms with E-state index in [4.69, 9.17) is 10.5 Å². The number of nitrogens with two attached hydrogens (primary N) is 1. The fraction of sp³-hybridized carbons (Fsp3) is 0.250. The number of anilines is 1. The van der Waals surface area contributed by atoms with Crippen molar-refractivity contribution in [3.63, 3.8) is 0 Å². The molecule has 2 rings (SSSR count). The van der Waals surface area contributed by atoms with Gasteiger partial charge in [-0.2, -0.15) is 0 Å². The lowest BCUT2D eigenvalue weighted by molar-refractivity contribution is -0.384. The van der Waals surface area contributed by atoms with Crippen LogP contribution in [0, 0.1) is 17.0 Å². The molecule has 0 unspecified atom stereocenters. The van der Waals surface area contributed by atoms with Crippen molar-refractivity contribution in [3.8, 4) is 11.5 Å². The van der Waals surface area contributed by atoms with Gasteiger partial charge >= 0.3 is 0 Å². The lowest BCUT2D eigenvalue weighted by Gasteiger charge is -2.14. The maximum Gasteiger partial charge on any atom is 0.275 e. The summed E-state index contributed by atoms with van der Waals surface area (Å²) in [6, 6.07) is 10.2. The van der Waals surface area contributed by atoms with Gasteiger partial charge < -0.3 is 10.5 Å². The van der Waals surface area contributed by atoms with Crippen LogP contribution in [0.4, 0.5) is 11.4 Å². The Bertz CT molecular complexity index is 681. The highest BCUT2D eigenvalue weighted by atomic mass is 16.6. The molecule has 0 heterocycles. The summed E-state index contributed by atoms with van der Waals surface area (Å²) >= 11 is 0. The van der Waals surface area contributed by atoms with Crippen LogP contribution < -0.4 is 10.5 Å². The molecule has 0 aliphatic heterocycles. The molecule has 0 atom stereocenters. The van der Waals surface area contributed by atoms with E-state index < -0.39 is 4.92 Å². The van der Waals surface area contributed by atoms with E-state index in [1.807, 2.05) is 25.1 Å². The van der Waals surface area contributed by atoms with Crippen LogP contribution in [0.5, 0.6) is 11.5 Å². The molecule has 2 N–H and O–H groups in total.